The normalized spacial score (nSPS) is 28.5. The molecule has 1 N–H and O–H groups in total. The minimum absolute atomic E-state index is 0.184. The number of ether oxygens (including phenoxy) is 1. The maximum absolute atomic E-state index is 10.5. The highest BCUT2D eigenvalue weighted by Gasteiger charge is 2.43. The summed E-state index contributed by atoms with van der Waals surface area (Å²) in [5.41, 5.74) is 4.13. The van der Waals surface area contributed by atoms with E-state index in [0.29, 0.717) is 17.8 Å². The Morgan fingerprint density at radius 2 is 1.96 bits per heavy atom. The molecule has 0 heterocycles. The van der Waals surface area contributed by atoms with Crippen LogP contribution in [0.5, 0.6) is 0 Å². The van der Waals surface area contributed by atoms with Crippen LogP contribution in [0.1, 0.15) is 49.7 Å². The molecule has 2 nitrogen and oxygen atoms in total. The Labute approximate surface area is 152 Å². The number of aliphatic hydroxyl groups excluding tert-OH is 1. The third-order valence-electron chi connectivity index (χ3n) is 5.88. The fourth-order valence-corrected chi connectivity index (χ4v) is 4.47. The fourth-order valence-electron chi connectivity index (χ4n) is 4.47. The summed E-state index contributed by atoms with van der Waals surface area (Å²) in [5, 5.41) is 10.5. The Morgan fingerprint density at radius 3 is 2.72 bits per heavy atom. The molecule has 0 spiro atoms. The van der Waals surface area contributed by atoms with E-state index in [1.54, 1.807) is 12.7 Å². The molecule has 1 aromatic carbocycles. The van der Waals surface area contributed by atoms with Gasteiger partial charge in [0.15, 0.2) is 0 Å². The average molecular weight is 341 g/mol. The summed E-state index contributed by atoms with van der Waals surface area (Å²) in [6.07, 6.45) is 13.8. The van der Waals surface area contributed by atoms with Gasteiger partial charge in [-0.2, -0.15) is 0 Å². The zero-order valence-corrected chi connectivity index (χ0v) is 15.7. The summed E-state index contributed by atoms with van der Waals surface area (Å²) in [6.45, 7) is 2.99. The molecule has 1 fully saturated rings. The summed E-state index contributed by atoms with van der Waals surface area (Å²) in [4.78, 5) is 0. The lowest BCUT2D eigenvalue weighted by Crippen LogP contribution is -2.16. The van der Waals surface area contributed by atoms with Crippen LogP contribution in [-0.2, 0) is 4.74 Å². The smallest absolute Gasteiger partial charge is 0.0611 e. The molecular weight excluding hydrogens is 308 g/mol. The van der Waals surface area contributed by atoms with Crippen molar-refractivity contribution >= 4 is 6.08 Å². The predicted molar refractivity (Wildman–Crippen MR) is 104 cm³/mol. The first kappa shape index (κ1) is 18.4. The molecular formula is C23H32O2. The van der Waals surface area contributed by atoms with Gasteiger partial charge in [-0.15, -0.1) is 0 Å². The number of rotatable bonds is 8. The molecule has 0 unspecified atom stereocenters. The number of hydrogen-bond acceptors (Lipinski definition) is 2. The number of methoxy groups -OCH3 is 1. The van der Waals surface area contributed by atoms with E-state index in [1.807, 2.05) is 0 Å². The van der Waals surface area contributed by atoms with Crippen LogP contribution >= 0.6 is 0 Å². The van der Waals surface area contributed by atoms with E-state index in [2.05, 4.69) is 49.4 Å². The lowest BCUT2D eigenvalue weighted by Gasteiger charge is -2.18. The second-order valence-electron chi connectivity index (χ2n) is 7.81. The summed E-state index contributed by atoms with van der Waals surface area (Å²) < 4.78 is 5.12. The standard InChI is InChI=1S/C23H32O2/c1-17-7-9-18(10-8-17)11-12-21-22-15-19(6-4-3-5-13-25-2)14-20(22)16-23(21)24/h7-12,14,20-24H,3-6,13,15-16H2,1-2H3/b12-11+/t20-,21+,22-,23+/m0/s1. The van der Waals surface area contributed by atoms with E-state index in [0.717, 1.165) is 19.4 Å². The van der Waals surface area contributed by atoms with E-state index >= 15 is 0 Å². The van der Waals surface area contributed by atoms with Crippen LogP contribution in [0.15, 0.2) is 42.0 Å². The van der Waals surface area contributed by atoms with Gasteiger partial charge in [0.25, 0.3) is 0 Å². The predicted octanol–water partition coefficient (Wildman–Crippen LogP) is 5.16. The van der Waals surface area contributed by atoms with Crippen molar-refractivity contribution in [3.8, 4) is 0 Å². The van der Waals surface area contributed by atoms with Crippen molar-refractivity contribution in [3.63, 3.8) is 0 Å². The van der Waals surface area contributed by atoms with Gasteiger partial charge in [0.05, 0.1) is 6.10 Å². The molecule has 25 heavy (non-hydrogen) atoms. The van der Waals surface area contributed by atoms with Crippen LogP contribution in [0, 0.1) is 24.7 Å². The van der Waals surface area contributed by atoms with Gasteiger partial charge in [0.1, 0.15) is 0 Å². The minimum atomic E-state index is -0.184. The number of allylic oxidation sites excluding steroid dienone is 2. The molecule has 0 saturated heterocycles. The summed E-state index contributed by atoms with van der Waals surface area (Å²) in [5.74, 6) is 1.48. The Kier molecular flexibility index (Phi) is 6.50. The van der Waals surface area contributed by atoms with Crippen LogP contribution in [-0.4, -0.2) is 24.9 Å². The minimum Gasteiger partial charge on any atom is -0.392 e. The van der Waals surface area contributed by atoms with Crippen molar-refractivity contribution in [2.24, 2.45) is 17.8 Å². The SMILES string of the molecule is COCCCCCC1=C[C@H]2C[C@@H](O)[C@H](/C=C/c3ccc(C)cc3)[C@H]2C1. The van der Waals surface area contributed by atoms with Crippen LogP contribution < -0.4 is 0 Å². The first-order chi connectivity index (χ1) is 12.2. The van der Waals surface area contributed by atoms with Gasteiger partial charge in [-0.25, -0.2) is 0 Å². The number of unbranched alkanes of at least 4 members (excludes halogenated alkanes) is 2. The maximum Gasteiger partial charge on any atom is 0.0611 e. The highest BCUT2D eigenvalue weighted by Crippen LogP contribution is 2.48. The molecule has 2 heteroatoms. The number of aliphatic hydroxyl groups is 1. The van der Waals surface area contributed by atoms with Crippen molar-refractivity contribution in [3.05, 3.63) is 53.1 Å². The molecule has 0 aromatic heterocycles. The number of benzene rings is 1. The van der Waals surface area contributed by atoms with Gasteiger partial charge < -0.3 is 9.84 Å². The number of fused-ring (bicyclic) bond motifs is 1. The van der Waals surface area contributed by atoms with Gasteiger partial charge >= 0.3 is 0 Å². The topological polar surface area (TPSA) is 29.5 Å². The molecule has 0 aliphatic heterocycles. The zero-order chi connectivity index (χ0) is 17.6. The second kappa shape index (κ2) is 8.82. The Hall–Kier alpha value is -1.38. The van der Waals surface area contributed by atoms with E-state index in [1.165, 1.54) is 36.8 Å². The van der Waals surface area contributed by atoms with E-state index in [9.17, 15) is 5.11 Å². The van der Waals surface area contributed by atoms with Gasteiger partial charge in [0, 0.05) is 19.6 Å². The number of aryl methyl sites for hydroxylation is 1. The highest BCUT2D eigenvalue weighted by atomic mass is 16.5. The Balaban J connectivity index is 1.53. The van der Waals surface area contributed by atoms with Crippen molar-refractivity contribution in [2.45, 2.75) is 51.6 Å². The lowest BCUT2D eigenvalue weighted by molar-refractivity contribution is 0.141. The Morgan fingerprint density at radius 1 is 1.16 bits per heavy atom. The third-order valence-corrected chi connectivity index (χ3v) is 5.88. The molecule has 136 valence electrons. The van der Waals surface area contributed by atoms with E-state index in [4.69, 9.17) is 4.74 Å². The van der Waals surface area contributed by atoms with E-state index in [-0.39, 0.29) is 6.10 Å². The molecule has 1 aromatic rings. The van der Waals surface area contributed by atoms with Crippen LogP contribution in [0.25, 0.3) is 6.08 Å². The van der Waals surface area contributed by atoms with Crippen molar-refractivity contribution in [1.29, 1.82) is 0 Å². The molecule has 4 atom stereocenters. The highest BCUT2D eigenvalue weighted by molar-refractivity contribution is 5.50. The second-order valence-corrected chi connectivity index (χ2v) is 7.81. The first-order valence-electron chi connectivity index (χ1n) is 9.79. The van der Waals surface area contributed by atoms with Crippen LogP contribution in [0.4, 0.5) is 0 Å². The molecule has 1 saturated carbocycles. The molecule has 0 bridgehead atoms. The maximum atomic E-state index is 10.5. The zero-order valence-electron chi connectivity index (χ0n) is 15.7. The van der Waals surface area contributed by atoms with Gasteiger partial charge in [-0.1, -0.05) is 60.1 Å². The van der Waals surface area contributed by atoms with Gasteiger partial charge in [-0.05, 0) is 56.4 Å². The molecule has 2 aliphatic rings. The summed E-state index contributed by atoms with van der Waals surface area (Å²) in [6, 6.07) is 8.60. The van der Waals surface area contributed by atoms with Crippen molar-refractivity contribution in [1.82, 2.24) is 0 Å². The van der Waals surface area contributed by atoms with Crippen LogP contribution in [0.2, 0.25) is 0 Å². The summed E-state index contributed by atoms with van der Waals surface area (Å²) in [7, 11) is 1.77. The van der Waals surface area contributed by atoms with Crippen molar-refractivity contribution < 1.29 is 9.84 Å². The number of hydrogen-bond donors (Lipinski definition) is 1. The quantitative estimate of drug-likeness (QED) is 0.523. The Bertz CT molecular complexity index is 599. The molecule has 2 aliphatic carbocycles. The lowest BCUT2D eigenvalue weighted by atomic mass is 9.88. The monoisotopic (exact) mass is 340 g/mol. The molecule has 3 rings (SSSR count). The van der Waals surface area contributed by atoms with Crippen LogP contribution in [0.3, 0.4) is 0 Å². The van der Waals surface area contributed by atoms with E-state index < -0.39 is 0 Å². The van der Waals surface area contributed by atoms with Crippen molar-refractivity contribution in [2.75, 3.05) is 13.7 Å². The largest absolute Gasteiger partial charge is 0.392 e. The van der Waals surface area contributed by atoms with Gasteiger partial charge in [0.2, 0.25) is 0 Å². The molecule has 0 amide bonds. The van der Waals surface area contributed by atoms with Gasteiger partial charge in [-0.3, -0.25) is 0 Å². The average Bonchev–Trinajstić information content (AvgIpc) is 3.11. The summed E-state index contributed by atoms with van der Waals surface area (Å²) >= 11 is 0. The third kappa shape index (κ3) is 4.83. The first-order valence-corrected chi connectivity index (χ1v) is 9.79. The fraction of sp³-hybridized carbons (Fsp3) is 0.565. The molecule has 0 radical (unpaired) electrons.